The Kier molecular flexibility index (Phi) is 7.51. The number of carbonyl (C=O) groups excluding carboxylic acids is 2. The standard InChI is InChI=1S/C20H22Cl2N2O3/c1-12(2)8-19(25)24-17-6-4-5-7-18(17)27-13(3)20(26)23-16-10-14(21)9-15(22)11-16/h4-7,9-13H,8H2,1-3H3,(H,23,26)(H,24,25). The van der Waals surface area contributed by atoms with Gasteiger partial charge in [0.2, 0.25) is 5.91 Å². The number of hydrogen-bond acceptors (Lipinski definition) is 3. The molecule has 0 aliphatic heterocycles. The molecule has 0 aliphatic rings. The molecule has 2 aromatic rings. The van der Waals surface area contributed by atoms with Gasteiger partial charge in [-0.25, -0.2) is 0 Å². The number of ether oxygens (including phenoxy) is 1. The van der Waals surface area contributed by atoms with E-state index in [4.69, 9.17) is 27.9 Å². The van der Waals surface area contributed by atoms with E-state index >= 15 is 0 Å². The molecule has 0 bridgehead atoms. The van der Waals surface area contributed by atoms with E-state index in [-0.39, 0.29) is 17.7 Å². The van der Waals surface area contributed by atoms with Crippen LogP contribution in [0.25, 0.3) is 0 Å². The van der Waals surface area contributed by atoms with Crippen LogP contribution in [0.5, 0.6) is 5.75 Å². The Morgan fingerprint density at radius 1 is 1.00 bits per heavy atom. The van der Waals surface area contributed by atoms with Crippen molar-refractivity contribution in [3.8, 4) is 5.75 Å². The predicted octanol–water partition coefficient (Wildman–Crippen LogP) is 5.38. The second-order valence-corrected chi connectivity index (χ2v) is 7.42. The van der Waals surface area contributed by atoms with Crippen LogP contribution in [0.2, 0.25) is 10.0 Å². The van der Waals surface area contributed by atoms with Crippen molar-refractivity contribution >= 4 is 46.4 Å². The second kappa shape index (κ2) is 9.62. The summed E-state index contributed by atoms with van der Waals surface area (Å²) in [4.78, 5) is 24.4. The maximum atomic E-state index is 12.4. The second-order valence-electron chi connectivity index (χ2n) is 6.55. The van der Waals surface area contributed by atoms with Crippen LogP contribution in [0.4, 0.5) is 11.4 Å². The molecular formula is C20H22Cl2N2O3. The van der Waals surface area contributed by atoms with Gasteiger partial charge in [0.25, 0.3) is 5.91 Å². The fourth-order valence-electron chi connectivity index (χ4n) is 2.36. The minimum absolute atomic E-state index is 0.105. The SMILES string of the molecule is CC(C)CC(=O)Nc1ccccc1OC(C)C(=O)Nc1cc(Cl)cc(Cl)c1. The summed E-state index contributed by atoms with van der Waals surface area (Å²) in [6.45, 7) is 5.56. The summed E-state index contributed by atoms with van der Waals surface area (Å²) in [7, 11) is 0. The molecule has 2 rings (SSSR count). The van der Waals surface area contributed by atoms with E-state index < -0.39 is 6.10 Å². The van der Waals surface area contributed by atoms with E-state index in [1.165, 1.54) is 0 Å². The van der Waals surface area contributed by atoms with Gasteiger partial charge < -0.3 is 15.4 Å². The summed E-state index contributed by atoms with van der Waals surface area (Å²) in [6, 6.07) is 11.8. The summed E-state index contributed by atoms with van der Waals surface area (Å²) < 4.78 is 5.75. The van der Waals surface area contributed by atoms with Gasteiger partial charge in [-0.2, -0.15) is 0 Å². The van der Waals surface area contributed by atoms with Crippen molar-refractivity contribution in [2.24, 2.45) is 5.92 Å². The van der Waals surface area contributed by atoms with Crippen LogP contribution in [0.15, 0.2) is 42.5 Å². The van der Waals surface area contributed by atoms with Crippen LogP contribution >= 0.6 is 23.2 Å². The summed E-state index contributed by atoms with van der Waals surface area (Å²) >= 11 is 11.9. The molecule has 0 spiro atoms. The third kappa shape index (κ3) is 6.77. The van der Waals surface area contributed by atoms with Crippen molar-refractivity contribution in [3.63, 3.8) is 0 Å². The number of hydrogen-bond donors (Lipinski definition) is 2. The van der Waals surface area contributed by atoms with Crippen LogP contribution in [0, 0.1) is 5.92 Å². The number of halogens is 2. The van der Waals surface area contributed by atoms with Gasteiger partial charge in [0, 0.05) is 22.2 Å². The average Bonchev–Trinajstić information content (AvgIpc) is 2.54. The van der Waals surface area contributed by atoms with Gasteiger partial charge in [-0.15, -0.1) is 0 Å². The molecule has 27 heavy (non-hydrogen) atoms. The molecule has 2 N–H and O–H groups in total. The predicted molar refractivity (Wildman–Crippen MR) is 110 cm³/mol. The van der Waals surface area contributed by atoms with Crippen molar-refractivity contribution < 1.29 is 14.3 Å². The van der Waals surface area contributed by atoms with E-state index in [1.54, 1.807) is 49.4 Å². The largest absolute Gasteiger partial charge is 0.479 e. The van der Waals surface area contributed by atoms with Crippen molar-refractivity contribution in [2.45, 2.75) is 33.3 Å². The van der Waals surface area contributed by atoms with Crippen LogP contribution in [-0.4, -0.2) is 17.9 Å². The first-order chi connectivity index (χ1) is 12.7. The van der Waals surface area contributed by atoms with Crippen molar-refractivity contribution in [1.29, 1.82) is 0 Å². The number of para-hydroxylation sites is 2. The number of nitrogens with one attached hydrogen (secondary N) is 2. The Morgan fingerprint density at radius 3 is 2.26 bits per heavy atom. The number of rotatable bonds is 7. The molecular weight excluding hydrogens is 387 g/mol. The molecule has 0 saturated carbocycles. The zero-order chi connectivity index (χ0) is 20.0. The monoisotopic (exact) mass is 408 g/mol. The van der Waals surface area contributed by atoms with Crippen LogP contribution in [0.3, 0.4) is 0 Å². The first kappa shape index (κ1) is 21.1. The number of benzene rings is 2. The minimum atomic E-state index is -0.800. The number of amides is 2. The third-order valence-corrected chi connectivity index (χ3v) is 3.99. The molecule has 0 heterocycles. The van der Waals surface area contributed by atoms with Crippen molar-refractivity contribution in [2.75, 3.05) is 10.6 Å². The fraction of sp³-hybridized carbons (Fsp3) is 0.300. The van der Waals surface area contributed by atoms with E-state index in [2.05, 4.69) is 10.6 Å². The maximum Gasteiger partial charge on any atom is 0.265 e. The topological polar surface area (TPSA) is 67.4 Å². The lowest BCUT2D eigenvalue weighted by Gasteiger charge is -2.18. The van der Waals surface area contributed by atoms with Crippen molar-refractivity contribution in [3.05, 3.63) is 52.5 Å². The average molecular weight is 409 g/mol. The summed E-state index contributed by atoms with van der Waals surface area (Å²) in [6.07, 6.45) is -0.397. The van der Waals surface area contributed by atoms with Gasteiger partial charge in [-0.1, -0.05) is 49.2 Å². The highest BCUT2D eigenvalue weighted by Gasteiger charge is 2.18. The molecule has 0 aromatic heterocycles. The molecule has 2 amide bonds. The minimum Gasteiger partial charge on any atom is -0.479 e. The van der Waals surface area contributed by atoms with E-state index in [0.29, 0.717) is 33.6 Å². The molecule has 1 unspecified atom stereocenters. The molecule has 0 aliphatic carbocycles. The van der Waals surface area contributed by atoms with Gasteiger partial charge in [0.15, 0.2) is 6.10 Å². The normalized spacial score (nSPS) is 11.8. The molecule has 1 atom stereocenters. The van der Waals surface area contributed by atoms with Crippen LogP contribution in [0.1, 0.15) is 27.2 Å². The Morgan fingerprint density at radius 2 is 1.63 bits per heavy atom. The molecule has 0 radical (unpaired) electrons. The lowest BCUT2D eigenvalue weighted by atomic mass is 10.1. The molecule has 0 saturated heterocycles. The van der Waals surface area contributed by atoms with Gasteiger partial charge in [0.05, 0.1) is 5.69 Å². The van der Waals surface area contributed by atoms with E-state index in [1.807, 2.05) is 13.8 Å². The highest BCUT2D eigenvalue weighted by Crippen LogP contribution is 2.26. The number of anilines is 2. The maximum absolute atomic E-state index is 12.4. The smallest absolute Gasteiger partial charge is 0.265 e. The Labute approximate surface area is 169 Å². The van der Waals surface area contributed by atoms with Crippen LogP contribution < -0.4 is 15.4 Å². The first-order valence-corrected chi connectivity index (χ1v) is 9.32. The molecule has 0 fully saturated rings. The van der Waals surface area contributed by atoms with Gasteiger partial charge in [-0.3, -0.25) is 9.59 Å². The molecule has 2 aromatic carbocycles. The lowest BCUT2D eigenvalue weighted by Crippen LogP contribution is -2.30. The quantitative estimate of drug-likeness (QED) is 0.645. The van der Waals surface area contributed by atoms with E-state index in [0.717, 1.165) is 0 Å². The molecule has 144 valence electrons. The summed E-state index contributed by atoms with van der Waals surface area (Å²) in [5, 5.41) is 6.37. The highest BCUT2D eigenvalue weighted by atomic mass is 35.5. The zero-order valence-electron chi connectivity index (χ0n) is 15.4. The third-order valence-electron chi connectivity index (χ3n) is 3.56. The number of carbonyl (C=O) groups is 2. The Balaban J connectivity index is 2.05. The molecule has 5 nitrogen and oxygen atoms in total. The van der Waals surface area contributed by atoms with Gasteiger partial charge in [0.1, 0.15) is 5.75 Å². The first-order valence-electron chi connectivity index (χ1n) is 8.57. The summed E-state index contributed by atoms with van der Waals surface area (Å²) in [5.41, 5.74) is 1.00. The van der Waals surface area contributed by atoms with Crippen molar-refractivity contribution in [1.82, 2.24) is 0 Å². The zero-order valence-corrected chi connectivity index (χ0v) is 16.9. The van der Waals surface area contributed by atoms with Crippen LogP contribution in [-0.2, 0) is 9.59 Å². The van der Waals surface area contributed by atoms with E-state index in [9.17, 15) is 9.59 Å². The summed E-state index contributed by atoms with van der Waals surface area (Å²) in [5.74, 6) is 0.192. The molecule has 7 heteroatoms. The Bertz CT molecular complexity index is 804. The van der Waals surface area contributed by atoms with Gasteiger partial charge in [-0.05, 0) is 43.2 Å². The fourth-order valence-corrected chi connectivity index (χ4v) is 2.88. The Hall–Kier alpha value is -2.24. The van der Waals surface area contributed by atoms with Gasteiger partial charge >= 0.3 is 0 Å². The lowest BCUT2D eigenvalue weighted by molar-refractivity contribution is -0.122. The highest BCUT2D eigenvalue weighted by molar-refractivity contribution is 6.35.